The van der Waals surface area contributed by atoms with E-state index in [1.807, 2.05) is 42.5 Å². The lowest BCUT2D eigenvalue weighted by atomic mass is 10.2. The molecule has 0 saturated carbocycles. The largest absolute Gasteiger partial charge is 0.337 e. The van der Waals surface area contributed by atoms with E-state index < -0.39 is 10.8 Å². The first-order valence-corrected chi connectivity index (χ1v) is 9.15. The van der Waals surface area contributed by atoms with Crippen molar-refractivity contribution in [2.75, 3.05) is 12.3 Å². The van der Waals surface area contributed by atoms with Crippen molar-refractivity contribution in [1.29, 1.82) is 0 Å². The molecule has 0 radical (unpaired) electrons. The summed E-state index contributed by atoms with van der Waals surface area (Å²) in [4.78, 5) is 11.7. The number of halogens is 1. The molecule has 0 spiro atoms. The summed E-state index contributed by atoms with van der Waals surface area (Å²) < 4.78 is 11.9. The molecule has 6 heteroatoms. The molecular weight excluding hydrogens is 332 g/mol. The van der Waals surface area contributed by atoms with Crippen LogP contribution in [0.3, 0.4) is 0 Å². The maximum absolute atomic E-state index is 11.9. The highest BCUT2D eigenvalue weighted by atomic mass is 35.5. The third-order valence-electron chi connectivity index (χ3n) is 3.15. The lowest BCUT2D eigenvalue weighted by Crippen LogP contribution is -2.37. The zero-order valence-electron chi connectivity index (χ0n) is 12.6. The minimum absolute atomic E-state index is 0.267. The number of hydrogen-bond donors (Lipinski definition) is 2. The second-order valence-electron chi connectivity index (χ2n) is 5.01. The average molecular weight is 351 g/mol. The third-order valence-corrected chi connectivity index (χ3v) is 4.72. The monoisotopic (exact) mass is 350 g/mol. The first kappa shape index (κ1) is 17.5. The predicted molar refractivity (Wildman–Crippen MR) is 94.8 cm³/mol. The molecule has 23 heavy (non-hydrogen) atoms. The molecule has 0 fully saturated rings. The van der Waals surface area contributed by atoms with E-state index in [1.54, 1.807) is 12.1 Å². The maximum Gasteiger partial charge on any atom is 0.315 e. The summed E-state index contributed by atoms with van der Waals surface area (Å²) in [6.07, 6.45) is 0. The van der Waals surface area contributed by atoms with E-state index in [2.05, 4.69) is 10.6 Å². The van der Waals surface area contributed by atoms with Gasteiger partial charge in [-0.1, -0.05) is 54.1 Å². The van der Waals surface area contributed by atoms with E-state index in [0.29, 0.717) is 29.6 Å². The van der Waals surface area contributed by atoms with Crippen LogP contribution < -0.4 is 10.6 Å². The molecule has 2 N–H and O–H groups in total. The molecule has 2 amide bonds. The highest BCUT2D eigenvalue weighted by Crippen LogP contribution is 2.09. The standard InChI is InChI=1S/C17H19ClN2O2S/c18-16-8-6-14(7-9-16)12-20-17(21)19-10-11-23(22)13-15-4-2-1-3-5-15/h1-9H,10-13H2,(H2,19,20,21). The summed E-state index contributed by atoms with van der Waals surface area (Å²) >= 11 is 5.80. The molecule has 1 unspecified atom stereocenters. The molecule has 1 atom stereocenters. The van der Waals surface area contributed by atoms with Gasteiger partial charge in [-0.15, -0.1) is 0 Å². The Balaban J connectivity index is 1.62. The summed E-state index contributed by atoms with van der Waals surface area (Å²) in [5, 5.41) is 6.13. The molecule has 0 heterocycles. The van der Waals surface area contributed by atoms with Gasteiger partial charge in [-0.3, -0.25) is 4.21 Å². The molecule has 0 aliphatic carbocycles. The van der Waals surface area contributed by atoms with Crippen LogP contribution in [-0.4, -0.2) is 22.5 Å². The minimum atomic E-state index is -0.987. The number of rotatable bonds is 7. The summed E-state index contributed by atoms with van der Waals surface area (Å²) in [6, 6.07) is 16.7. The molecule has 0 aliphatic heterocycles. The van der Waals surface area contributed by atoms with Crippen molar-refractivity contribution >= 4 is 28.4 Å². The molecule has 2 aromatic rings. The maximum atomic E-state index is 11.9. The van der Waals surface area contributed by atoms with Gasteiger partial charge in [0.1, 0.15) is 0 Å². The number of amides is 2. The van der Waals surface area contributed by atoms with Crippen molar-refractivity contribution in [3.05, 3.63) is 70.7 Å². The van der Waals surface area contributed by atoms with Crippen LogP contribution in [-0.2, 0) is 23.1 Å². The molecule has 0 aliphatic rings. The number of carbonyl (C=O) groups excluding carboxylic acids is 1. The SMILES string of the molecule is O=C(NCCS(=O)Cc1ccccc1)NCc1ccc(Cl)cc1. The van der Waals surface area contributed by atoms with E-state index in [4.69, 9.17) is 11.6 Å². The predicted octanol–water partition coefficient (Wildman–Crippen LogP) is 3.09. The quantitative estimate of drug-likeness (QED) is 0.806. The normalized spacial score (nSPS) is 11.7. The van der Waals surface area contributed by atoms with Crippen LogP contribution in [0.4, 0.5) is 4.79 Å². The fourth-order valence-corrected chi connectivity index (χ4v) is 3.12. The van der Waals surface area contributed by atoms with Crippen molar-refractivity contribution in [2.24, 2.45) is 0 Å². The zero-order chi connectivity index (χ0) is 16.5. The minimum Gasteiger partial charge on any atom is -0.337 e. The topological polar surface area (TPSA) is 58.2 Å². The third kappa shape index (κ3) is 6.84. The van der Waals surface area contributed by atoms with Gasteiger partial charge in [0.25, 0.3) is 0 Å². The highest BCUT2D eigenvalue weighted by molar-refractivity contribution is 7.84. The molecular formula is C17H19ClN2O2S. The van der Waals surface area contributed by atoms with Crippen LogP contribution in [0, 0.1) is 0 Å². The first-order valence-electron chi connectivity index (χ1n) is 7.28. The van der Waals surface area contributed by atoms with E-state index in [9.17, 15) is 9.00 Å². The Morgan fingerprint density at radius 1 is 0.957 bits per heavy atom. The second-order valence-corrected chi connectivity index (χ2v) is 7.02. The Morgan fingerprint density at radius 3 is 2.35 bits per heavy atom. The number of benzene rings is 2. The van der Waals surface area contributed by atoms with Gasteiger partial charge in [0.2, 0.25) is 0 Å². The van der Waals surface area contributed by atoms with Crippen molar-refractivity contribution in [3.8, 4) is 0 Å². The Labute approximate surface area is 143 Å². The summed E-state index contributed by atoms with van der Waals surface area (Å²) in [7, 11) is -0.987. The van der Waals surface area contributed by atoms with Crippen LogP contribution in [0.5, 0.6) is 0 Å². The Bertz CT molecular complexity index is 647. The number of nitrogens with one attached hydrogen (secondary N) is 2. The molecule has 0 saturated heterocycles. The molecule has 0 aromatic heterocycles. The lowest BCUT2D eigenvalue weighted by molar-refractivity contribution is 0.241. The molecule has 4 nitrogen and oxygen atoms in total. The summed E-state index contributed by atoms with van der Waals surface area (Å²) in [5.41, 5.74) is 2.01. The van der Waals surface area contributed by atoms with Gasteiger partial charge in [0.15, 0.2) is 0 Å². The second kappa shape index (κ2) is 9.33. The highest BCUT2D eigenvalue weighted by Gasteiger charge is 2.04. The smallest absolute Gasteiger partial charge is 0.315 e. The van der Waals surface area contributed by atoms with Crippen LogP contribution in [0.2, 0.25) is 5.02 Å². The van der Waals surface area contributed by atoms with Crippen molar-refractivity contribution < 1.29 is 9.00 Å². The Hall–Kier alpha value is -1.85. The summed E-state index contributed by atoms with van der Waals surface area (Å²) in [5.74, 6) is 0.943. The van der Waals surface area contributed by atoms with Gasteiger partial charge >= 0.3 is 6.03 Å². The van der Waals surface area contributed by atoms with E-state index in [0.717, 1.165) is 11.1 Å². The molecule has 0 bridgehead atoms. The van der Waals surface area contributed by atoms with Gasteiger partial charge in [-0.05, 0) is 23.3 Å². The van der Waals surface area contributed by atoms with Crippen LogP contribution >= 0.6 is 11.6 Å². The van der Waals surface area contributed by atoms with Gasteiger partial charge in [-0.25, -0.2) is 4.79 Å². The van der Waals surface area contributed by atoms with Crippen LogP contribution in [0.25, 0.3) is 0 Å². The summed E-state index contributed by atoms with van der Waals surface area (Å²) in [6.45, 7) is 0.808. The van der Waals surface area contributed by atoms with Gasteiger partial charge in [0, 0.05) is 40.4 Å². The molecule has 122 valence electrons. The number of hydrogen-bond acceptors (Lipinski definition) is 2. The zero-order valence-corrected chi connectivity index (χ0v) is 14.2. The van der Waals surface area contributed by atoms with Crippen LogP contribution in [0.15, 0.2) is 54.6 Å². The van der Waals surface area contributed by atoms with E-state index in [-0.39, 0.29) is 6.03 Å². The Morgan fingerprint density at radius 2 is 1.65 bits per heavy atom. The Kier molecular flexibility index (Phi) is 7.10. The molecule has 2 rings (SSSR count). The van der Waals surface area contributed by atoms with E-state index >= 15 is 0 Å². The fourth-order valence-electron chi connectivity index (χ4n) is 1.96. The van der Waals surface area contributed by atoms with Gasteiger partial charge in [-0.2, -0.15) is 0 Å². The van der Waals surface area contributed by atoms with Crippen molar-refractivity contribution in [3.63, 3.8) is 0 Å². The number of urea groups is 1. The first-order chi connectivity index (χ1) is 11.1. The van der Waals surface area contributed by atoms with Gasteiger partial charge in [0.05, 0.1) is 0 Å². The fraction of sp³-hybridized carbons (Fsp3) is 0.235. The molecule has 2 aromatic carbocycles. The van der Waals surface area contributed by atoms with Crippen molar-refractivity contribution in [1.82, 2.24) is 10.6 Å². The number of carbonyl (C=O) groups is 1. The van der Waals surface area contributed by atoms with Gasteiger partial charge < -0.3 is 10.6 Å². The lowest BCUT2D eigenvalue weighted by Gasteiger charge is -2.08. The van der Waals surface area contributed by atoms with Crippen LogP contribution in [0.1, 0.15) is 11.1 Å². The average Bonchev–Trinajstić information content (AvgIpc) is 2.55. The van der Waals surface area contributed by atoms with Crippen molar-refractivity contribution in [2.45, 2.75) is 12.3 Å². The van der Waals surface area contributed by atoms with E-state index in [1.165, 1.54) is 0 Å².